The molecule has 0 heterocycles. The van der Waals surface area contributed by atoms with Crippen molar-refractivity contribution in [1.29, 1.82) is 0 Å². The number of sulfone groups is 1. The molecule has 2 rings (SSSR count). The van der Waals surface area contributed by atoms with Gasteiger partial charge in [0, 0.05) is 6.04 Å². The summed E-state index contributed by atoms with van der Waals surface area (Å²) in [5, 5.41) is 3.43. The largest absolute Gasteiger partial charge is 0.381 e. The molecule has 1 aromatic carbocycles. The van der Waals surface area contributed by atoms with Crippen molar-refractivity contribution >= 4 is 15.5 Å². The molecule has 1 aromatic rings. The SMILES string of the molecule is CCC(CC1CC1)Nc1ccccc1S(=O)(=O)CC. The maximum atomic E-state index is 12.1. The molecule has 0 aliphatic heterocycles. The third kappa shape index (κ3) is 3.72. The minimum atomic E-state index is -3.16. The van der Waals surface area contributed by atoms with Crippen molar-refractivity contribution in [3.8, 4) is 0 Å². The van der Waals surface area contributed by atoms with Crippen molar-refractivity contribution < 1.29 is 8.42 Å². The van der Waals surface area contributed by atoms with Crippen LogP contribution in [0.4, 0.5) is 5.69 Å². The zero-order chi connectivity index (χ0) is 13.9. The summed E-state index contributed by atoms with van der Waals surface area (Å²) in [4.78, 5) is 0.437. The molecule has 106 valence electrons. The second kappa shape index (κ2) is 5.95. The molecule has 1 atom stereocenters. The van der Waals surface area contributed by atoms with E-state index in [2.05, 4.69) is 12.2 Å². The number of hydrogen-bond acceptors (Lipinski definition) is 3. The predicted molar refractivity (Wildman–Crippen MR) is 79.2 cm³/mol. The molecule has 0 saturated heterocycles. The average molecular weight is 281 g/mol. The Morgan fingerprint density at radius 3 is 2.53 bits per heavy atom. The van der Waals surface area contributed by atoms with Crippen molar-refractivity contribution in [2.75, 3.05) is 11.1 Å². The molecule has 0 bridgehead atoms. The summed E-state index contributed by atoms with van der Waals surface area (Å²) >= 11 is 0. The molecule has 4 heteroatoms. The quantitative estimate of drug-likeness (QED) is 0.832. The second-order valence-electron chi connectivity index (χ2n) is 5.33. The lowest BCUT2D eigenvalue weighted by Gasteiger charge is -2.20. The molecule has 1 fully saturated rings. The number of anilines is 1. The zero-order valence-corrected chi connectivity index (χ0v) is 12.5. The number of rotatable bonds is 7. The Bertz CT molecular complexity index is 521. The van der Waals surface area contributed by atoms with Crippen molar-refractivity contribution in [3.05, 3.63) is 24.3 Å². The van der Waals surface area contributed by atoms with Gasteiger partial charge in [-0.2, -0.15) is 0 Å². The van der Waals surface area contributed by atoms with Gasteiger partial charge in [-0.15, -0.1) is 0 Å². The van der Waals surface area contributed by atoms with Gasteiger partial charge in [-0.25, -0.2) is 8.42 Å². The maximum Gasteiger partial charge on any atom is 0.180 e. The van der Waals surface area contributed by atoms with Gasteiger partial charge in [0.1, 0.15) is 0 Å². The summed E-state index contributed by atoms with van der Waals surface area (Å²) in [5.74, 6) is 0.984. The molecule has 19 heavy (non-hydrogen) atoms. The van der Waals surface area contributed by atoms with Crippen LogP contribution in [-0.4, -0.2) is 20.2 Å². The highest BCUT2D eigenvalue weighted by atomic mass is 32.2. The van der Waals surface area contributed by atoms with E-state index in [1.807, 2.05) is 12.1 Å². The van der Waals surface area contributed by atoms with Gasteiger partial charge in [0.2, 0.25) is 0 Å². The van der Waals surface area contributed by atoms with Gasteiger partial charge in [-0.1, -0.05) is 38.8 Å². The van der Waals surface area contributed by atoms with Gasteiger partial charge in [0.25, 0.3) is 0 Å². The Balaban J connectivity index is 2.19. The van der Waals surface area contributed by atoms with Crippen LogP contribution >= 0.6 is 0 Å². The van der Waals surface area contributed by atoms with E-state index >= 15 is 0 Å². The van der Waals surface area contributed by atoms with Gasteiger partial charge in [0.05, 0.1) is 16.3 Å². The van der Waals surface area contributed by atoms with Crippen LogP contribution in [0.3, 0.4) is 0 Å². The molecule has 0 radical (unpaired) electrons. The normalized spacial score (nSPS) is 17.2. The summed E-state index contributed by atoms with van der Waals surface area (Å²) in [7, 11) is -3.16. The van der Waals surface area contributed by atoms with Crippen molar-refractivity contribution in [1.82, 2.24) is 0 Å². The van der Waals surface area contributed by atoms with Gasteiger partial charge in [-0.05, 0) is 30.9 Å². The Morgan fingerprint density at radius 1 is 1.26 bits per heavy atom. The fourth-order valence-electron chi connectivity index (χ4n) is 2.32. The Labute approximate surface area is 116 Å². The van der Waals surface area contributed by atoms with E-state index in [4.69, 9.17) is 0 Å². The molecule has 0 amide bonds. The number of nitrogens with one attached hydrogen (secondary N) is 1. The summed E-state index contributed by atoms with van der Waals surface area (Å²) in [5.41, 5.74) is 0.761. The highest BCUT2D eigenvalue weighted by Crippen LogP contribution is 2.35. The fraction of sp³-hybridized carbons (Fsp3) is 0.600. The summed E-state index contributed by atoms with van der Waals surface area (Å²) < 4.78 is 24.2. The minimum absolute atomic E-state index is 0.144. The lowest BCUT2D eigenvalue weighted by molar-refractivity contribution is 0.583. The highest BCUT2D eigenvalue weighted by molar-refractivity contribution is 7.91. The second-order valence-corrected chi connectivity index (χ2v) is 7.57. The standard InChI is InChI=1S/C15H23NO2S/c1-3-13(11-12-9-10-12)16-14-7-5-6-8-15(14)19(17,18)4-2/h5-8,12-13,16H,3-4,9-11H2,1-2H3. The van der Waals surface area contributed by atoms with Crippen LogP contribution in [0.25, 0.3) is 0 Å². The van der Waals surface area contributed by atoms with Gasteiger partial charge >= 0.3 is 0 Å². The molecule has 0 aromatic heterocycles. The lowest BCUT2D eigenvalue weighted by Crippen LogP contribution is -2.21. The van der Waals surface area contributed by atoms with Crippen LogP contribution in [0.1, 0.15) is 39.5 Å². The fourth-order valence-corrected chi connectivity index (χ4v) is 3.38. The van der Waals surface area contributed by atoms with Crippen molar-refractivity contribution in [2.24, 2.45) is 5.92 Å². The van der Waals surface area contributed by atoms with E-state index in [0.717, 1.165) is 24.4 Å². The van der Waals surface area contributed by atoms with Crippen LogP contribution in [0.2, 0.25) is 0 Å². The lowest BCUT2D eigenvalue weighted by atomic mass is 10.1. The number of para-hydroxylation sites is 1. The average Bonchev–Trinajstić information content (AvgIpc) is 3.22. The van der Waals surface area contributed by atoms with Crippen LogP contribution in [0.5, 0.6) is 0 Å². The Hall–Kier alpha value is -1.03. The Morgan fingerprint density at radius 2 is 1.95 bits per heavy atom. The molecule has 1 N–H and O–H groups in total. The van der Waals surface area contributed by atoms with Gasteiger partial charge in [0.15, 0.2) is 9.84 Å². The summed E-state index contributed by atoms with van der Waals surface area (Å²) in [6.07, 6.45) is 4.83. The van der Waals surface area contributed by atoms with Crippen molar-refractivity contribution in [3.63, 3.8) is 0 Å². The Kier molecular flexibility index (Phi) is 4.50. The van der Waals surface area contributed by atoms with Crippen LogP contribution < -0.4 is 5.32 Å². The van der Waals surface area contributed by atoms with E-state index < -0.39 is 9.84 Å². The van der Waals surface area contributed by atoms with E-state index in [1.165, 1.54) is 12.8 Å². The van der Waals surface area contributed by atoms with Crippen molar-refractivity contribution in [2.45, 2.75) is 50.5 Å². The van der Waals surface area contributed by atoms with E-state index in [-0.39, 0.29) is 5.75 Å². The molecule has 1 aliphatic rings. The first kappa shape index (κ1) is 14.4. The first-order valence-corrected chi connectivity index (χ1v) is 8.80. The van der Waals surface area contributed by atoms with E-state index in [9.17, 15) is 8.42 Å². The number of benzene rings is 1. The third-order valence-corrected chi connectivity index (χ3v) is 5.56. The molecular formula is C15H23NO2S. The maximum absolute atomic E-state index is 12.1. The highest BCUT2D eigenvalue weighted by Gasteiger charge is 2.25. The molecular weight excluding hydrogens is 258 g/mol. The summed E-state index contributed by atoms with van der Waals surface area (Å²) in [6, 6.07) is 7.63. The smallest absolute Gasteiger partial charge is 0.180 e. The van der Waals surface area contributed by atoms with E-state index in [1.54, 1.807) is 19.1 Å². The predicted octanol–water partition coefficient (Wildman–Crippen LogP) is 3.47. The molecule has 0 spiro atoms. The van der Waals surface area contributed by atoms with Crippen LogP contribution in [-0.2, 0) is 9.84 Å². The monoisotopic (exact) mass is 281 g/mol. The third-order valence-electron chi connectivity index (χ3n) is 3.77. The topological polar surface area (TPSA) is 46.2 Å². The zero-order valence-electron chi connectivity index (χ0n) is 11.7. The van der Waals surface area contributed by atoms with Crippen LogP contribution in [0, 0.1) is 5.92 Å². The molecule has 3 nitrogen and oxygen atoms in total. The first-order valence-electron chi connectivity index (χ1n) is 7.15. The molecule has 1 saturated carbocycles. The van der Waals surface area contributed by atoms with Crippen LogP contribution in [0.15, 0.2) is 29.2 Å². The number of hydrogen-bond donors (Lipinski definition) is 1. The van der Waals surface area contributed by atoms with Gasteiger partial charge < -0.3 is 5.32 Å². The summed E-state index contributed by atoms with van der Waals surface area (Å²) in [6.45, 7) is 3.84. The molecule has 1 aliphatic carbocycles. The van der Waals surface area contributed by atoms with E-state index in [0.29, 0.717) is 10.9 Å². The van der Waals surface area contributed by atoms with Gasteiger partial charge in [-0.3, -0.25) is 0 Å². The molecule has 1 unspecified atom stereocenters. The minimum Gasteiger partial charge on any atom is -0.381 e. The first-order chi connectivity index (χ1) is 9.06.